The predicted octanol–water partition coefficient (Wildman–Crippen LogP) is 7.68. The van der Waals surface area contributed by atoms with Crippen LogP contribution in [-0.2, 0) is 17.9 Å². The summed E-state index contributed by atoms with van der Waals surface area (Å²) in [7, 11) is 0. The molecule has 0 aliphatic carbocycles. The van der Waals surface area contributed by atoms with Crippen LogP contribution in [0.4, 0.5) is 11.4 Å². The van der Waals surface area contributed by atoms with Gasteiger partial charge in [0.1, 0.15) is 6.61 Å². The molecule has 3 aromatic rings. The van der Waals surface area contributed by atoms with Crippen LogP contribution < -0.4 is 20.1 Å². The number of nitrogens with one attached hydrogen (secondary N) is 2. The molecule has 34 heavy (non-hydrogen) atoms. The smallest absolute Gasteiger partial charge is 0.224 e. The number of hydrogen-bond acceptors (Lipinski definition) is 4. The molecule has 0 aromatic heterocycles. The summed E-state index contributed by atoms with van der Waals surface area (Å²) in [5.74, 6) is 1.64. The molecule has 180 valence electrons. The molecule has 2 N–H and O–H groups in total. The fourth-order valence-corrected chi connectivity index (χ4v) is 4.18. The van der Waals surface area contributed by atoms with Gasteiger partial charge < -0.3 is 20.1 Å². The van der Waals surface area contributed by atoms with Crippen LogP contribution in [0, 0.1) is 5.92 Å². The van der Waals surface area contributed by atoms with E-state index in [4.69, 9.17) is 21.1 Å². The number of halogens is 2. The lowest BCUT2D eigenvalue weighted by molar-refractivity contribution is -0.116. The van der Waals surface area contributed by atoms with Gasteiger partial charge in [-0.3, -0.25) is 4.79 Å². The summed E-state index contributed by atoms with van der Waals surface area (Å²) in [6.07, 6.45) is 0.497. The topological polar surface area (TPSA) is 59.6 Å². The highest BCUT2D eigenvalue weighted by Crippen LogP contribution is 2.38. The Morgan fingerprint density at radius 2 is 1.79 bits per heavy atom. The fourth-order valence-electron chi connectivity index (χ4n) is 3.39. The zero-order valence-corrected chi connectivity index (χ0v) is 22.0. The minimum absolute atomic E-state index is 0.0183. The summed E-state index contributed by atoms with van der Waals surface area (Å²) in [6.45, 7) is 7.43. The van der Waals surface area contributed by atoms with E-state index < -0.39 is 0 Å². The number of hydrogen-bond donors (Lipinski definition) is 2. The van der Waals surface area contributed by atoms with Crippen LogP contribution in [-0.4, -0.2) is 12.5 Å². The van der Waals surface area contributed by atoms with Crippen LogP contribution in [0.25, 0.3) is 0 Å². The molecule has 3 rings (SSSR count). The van der Waals surface area contributed by atoms with Gasteiger partial charge in [-0.1, -0.05) is 49.7 Å². The number of rotatable bonds is 11. The predicted molar refractivity (Wildman–Crippen MR) is 143 cm³/mol. The van der Waals surface area contributed by atoms with Crippen molar-refractivity contribution in [3.05, 3.63) is 81.3 Å². The molecular formula is C27H30BrClN2O3. The largest absolute Gasteiger partial charge is 0.490 e. The first kappa shape index (κ1) is 25.9. The van der Waals surface area contributed by atoms with E-state index in [0.717, 1.165) is 27.0 Å². The maximum absolute atomic E-state index is 12.1. The van der Waals surface area contributed by atoms with Gasteiger partial charge in [-0.05, 0) is 70.7 Å². The summed E-state index contributed by atoms with van der Waals surface area (Å²) in [5.41, 5.74) is 3.62. The van der Waals surface area contributed by atoms with E-state index >= 15 is 0 Å². The second-order valence-corrected chi connectivity index (χ2v) is 9.56. The minimum atomic E-state index is 0.0183. The van der Waals surface area contributed by atoms with Gasteiger partial charge in [0.25, 0.3) is 0 Å². The second-order valence-electron chi connectivity index (χ2n) is 8.30. The number of carbonyl (C=O) groups is 1. The second kappa shape index (κ2) is 12.7. The van der Waals surface area contributed by atoms with Crippen molar-refractivity contribution in [1.82, 2.24) is 0 Å². The van der Waals surface area contributed by atoms with E-state index in [-0.39, 0.29) is 5.91 Å². The van der Waals surface area contributed by atoms with Crippen LogP contribution in [0.15, 0.2) is 65.1 Å². The van der Waals surface area contributed by atoms with E-state index in [2.05, 4.69) is 26.6 Å². The number of ether oxygens (including phenoxy) is 2. The molecule has 0 bridgehead atoms. The third-order valence-electron chi connectivity index (χ3n) is 4.94. The summed E-state index contributed by atoms with van der Waals surface area (Å²) in [4.78, 5) is 12.1. The van der Waals surface area contributed by atoms with Crippen LogP contribution in [0.3, 0.4) is 0 Å². The molecule has 3 aromatic carbocycles. The number of amides is 1. The van der Waals surface area contributed by atoms with Crippen molar-refractivity contribution < 1.29 is 14.3 Å². The standard InChI is InChI=1S/C27H30BrClN2O3/c1-4-33-25-14-19(13-23(28)27(25)34-17-20-8-5-6-11-24(20)29)16-30-21-9-7-10-22(15-21)31-26(32)12-18(2)3/h5-11,13-15,18,30H,4,12,16-17H2,1-3H3,(H,31,32). The summed E-state index contributed by atoms with van der Waals surface area (Å²) >= 11 is 9.89. The lowest BCUT2D eigenvalue weighted by Gasteiger charge is -2.17. The van der Waals surface area contributed by atoms with Gasteiger partial charge >= 0.3 is 0 Å². The monoisotopic (exact) mass is 544 g/mol. The highest BCUT2D eigenvalue weighted by molar-refractivity contribution is 9.10. The summed E-state index contributed by atoms with van der Waals surface area (Å²) in [6, 6.07) is 19.3. The van der Waals surface area contributed by atoms with Gasteiger partial charge in [-0.15, -0.1) is 0 Å². The molecule has 0 spiro atoms. The van der Waals surface area contributed by atoms with Crippen LogP contribution in [0.1, 0.15) is 38.3 Å². The van der Waals surface area contributed by atoms with Gasteiger partial charge in [-0.25, -0.2) is 0 Å². The summed E-state index contributed by atoms with van der Waals surface area (Å²) < 4.78 is 12.7. The zero-order valence-electron chi connectivity index (χ0n) is 19.7. The van der Waals surface area contributed by atoms with Gasteiger partial charge in [0, 0.05) is 34.9 Å². The van der Waals surface area contributed by atoms with E-state index in [1.54, 1.807) is 0 Å². The Morgan fingerprint density at radius 1 is 1.03 bits per heavy atom. The number of benzene rings is 3. The Labute approximate surface area is 214 Å². The average Bonchev–Trinajstić information content (AvgIpc) is 2.78. The zero-order chi connectivity index (χ0) is 24.5. The maximum Gasteiger partial charge on any atom is 0.224 e. The van der Waals surface area contributed by atoms with Crippen LogP contribution in [0.2, 0.25) is 5.02 Å². The number of carbonyl (C=O) groups excluding carboxylic acids is 1. The number of anilines is 2. The van der Waals surface area contributed by atoms with Crippen molar-refractivity contribution in [3.63, 3.8) is 0 Å². The van der Waals surface area contributed by atoms with Crippen molar-refractivity contribution in [3.8, 4) is 11.5 Å². The van der Waals surface area contributed by atoms with Crippen LogP contribution >= 0.6 is 27.5 Å². The Bertz CT molecular complexity index is 1120. The first-order valence-electron chi connectivity index (χ1n) is 11.3. The lowest BCUT2D eigenvalue weighted by Crippen LogP contribution is -2.13. The Morgan fingerprint density at radius 3 is 2.53 bits per heavy atom. The van der Waals surface area contributed by atoms with E-state index in [9.17, 15) is 4.79 Å². The molecule has 0 heterocycles. The normalized spacial score (nSPS) is 10.8. The summed E-state index contributed by atoms with van der Waals surface area (Å²) in [5, 5.41) is 7.03. The third-order valence-corrected chi connectivity index (χ3v) is 5.89. The third kappa shape index (κ3) is 7.67. The van der Waals surface area contributed by atoms with E-state index in [1.807, 2.05) is 81.4 Å². The SMILES string of the molecule is CCOc1cc(CNc2cccc(NC(=O)CC(C)C)c2)cc(Br)c1OCc1ccccc1Cl. The average molecular weight is 546 g/mol. The van der Waals surface area contributed by atoms with Gasteiger partial charge in [0.2, 0.25) is 5.91 Å². The van der Waals surface area contributed by atoms with E-state index in [0.29, 0.717) is 48.6 Å². The van der Waals surface area contributed by atoms with Crippen molar-refractivity contribution in [2.75, 3.05) is 17.2 Å². The molecule has 0 fully saturated rings. The maximum atomic E-state index is 12.1. The molecule has 0 aliphatic heterocycles. The quantitative estimate of drug-likeness (QED) is 0.259. The highest BCUT2D eigenvalue weighted by atomic mass is 79.9. The Balaban J connectivity index is 1.69. The molecule has 0 atom stereocenters. The molecule has 0 unspecified atom stereocenters. The molecular weight excluding hydrogens is 516 g/mol. The van der Waals surface area contributed by atoms with Crippen molar-refractivity contribution in [2.24, 2.45) is 5.92 Å². The highest BCUT2D eigenvalue weighted by Gasteiger charge is 2.14. The van der Waals surface area contributed by atoms with Gasteiger partial charge in [0.15, 0.2) is 11.5 Å². The molecule has 1 amide bonds. The van der Waals surface area contributed by atoms with E-state index in [1.165, 1.54) is 0 Å². The Kier molecular flexibility index (Phi) is 9.66. The first-order chi connectivity index (χ1) is 16.4. The lowest BCUT2D eigenvalue weighted by atomic mass is 10.1. The minimum Gasteiger partial charge on any atom is -0.490 e. The first-order valence-corrected chi connectivity index (χ1v) is 12.5. The molecule has 0 radical (unpaired) electrons. The van der Waals surface area contributed by atoms with Gasteiger partial charge in [-0.2, -0.15) is 0 Å². The molecule has 0 aliphatic rings. The fraction of sp³-hybridized carbons (Fsp3) is 0.296. The van der Waals surface area contributed by atoms with Crippen molar-refractivity contribution >= 4 is 44.8 Å². The molecule has 0 saturated heterocycles. The molecule has 5 nitrogen and oxygen atoms in total. The Hall–Kier alpha value is -2.70. The van der Waals surface area contributed by atoms with Crippen molar-refractivity contribution in [2.45, 2.75) is 40.3 Å². The van der Waals surface area contributed by atoms with Crippen LogP contribution in [0.5, 0.6) is 11.5 Å². The van der Waals surface area contributed by atoms with Gasteiger partial charge in [0.05, 0.1) is 11.1 Å². The van der Waals surface area contributed by atoms with Crippen molar-refractivity contribution in [1.29, 1.82) is 0 Å². The molecule has 0 saturated carbocycles. The molecule has 7 heteroatoms.